The molecule has 21 heavy (non-hydrogen) atoms. The molecule has 0 aromatic heterocycles. The van der Waals surface area contributed by atoms with E-state index in [1.165, 1.54) is 11.1 Å². The molecule has 2 aromatic carbocycles. The summed E-state index contributed by atoms with van der Waals surface area (Å²) in [7, 11) is 3.55. The Morgan fingerprint density at radius 3 is 1.86 bits per heavy atom. The van der Waals surface area contributed by atoms with Gasteiger partial charge in [-0.2, -0.15) is 0 Å². The first-order chi connectivity index (χ1) is 10.3. The molecule has 0 N–H and O–H groups in total. The number of hydrogen-bond donors (Lipinski definition) is 0. The van der Waals surface area contributed by atoms with Gasteiger partial charge in [0.1, 0.15) is 0 Å². The number of ether oxygens (including phenoxy) is 2. The van der Waals surface area contributed by atoms with Crippen molar-refractivity contribution >= 4 is 0 Å². The zero-order valence-corrected chi connectivity index (χ0v) is 12.9. The van der Waals surface area contributed by atoms with E-state index in [0.29, 0.717) is 5.92 Å². The molecule has 0 aliphatic carbocycles. The highest BCUT2D eigenvalue weighted by atomic mass is 16.5. The summed E-state index contributed by atoms with van der Waals surface area (Å²) in [5.41, 5.74) is 2.58. The van der Waals surface area contributed by atoms with Crippen LogP contribution in [-0.2, 0) is 9.47 Å². The van der Waals surface area contributed by atoms with Crippen LogP contribution in [0.2, 0.25) is 0 Å². The highest BCUT2D eigenvalue weighted by Crippen LogP contribution is 2.28. The average molecular weight is 284 g/mol. The van der Waals surface area contributed by atoms with E-state index < -0.39 is 0 Å². The second kappa shape index (κ2) is 8.60. The molecule has 2 rings (SSSR count). The Morgan fingerprint density at radius 1 is 0.762 bits per heavy atom. The minimum absolute atomic E-state index is 0.147. The maximum Gasteiger partial charge on any atom is 0.0821 e. The van der Waals surface area contributed by atoms with E-state index >= 15 is 0 Å². The van der Waals surface area contributed by atoms with Crippen molar-refractivity contribution in [1.82, 2.24) is 0 Å². The molecule has 112 valence electrons. The molecule has 0 saturated heterocycles. The summed E-state index contributed by atoms with van der Waals surface area (Å²) in [5, 5.41) is 0. The van der Waals surface area contributed by atoms with Gasteiger partial charge < -0.3 is 9.47 Å². The summed E-state index contributed by atoms with van der Waals surface area (Å²) in [4.78, 5) is 0. The molecule has 2 aromatic rings. The lowest BCUT2D eigenvalue weighted by atomic mass is 9.92. The van der Waals surface area contributed by atoms with E-state index in [1.54, 1.807) is 14.2 Å². The lowest BCUT2D eigenvalue weighted by molar-refractivity contribution is 0.0868. The third kappa shape index (κ3) is 4.69. The first kappa shape index (κ1) is 15.7. The number of benzene rings is 2. The van der Waals surface area contributed by atoms with Gasteiger partial charge in [-0.3, -0.25) is 0 Å². The van der Waals surface area contributed by atoms with E-state index in [9.17, 15) is 0 Å². The predicted molar refractivity (Wildman–Crippen MR) is 86.5 cm³/mol. The van der Waals surface area contributed by atoms with Crippen molar-refractivity contribution in [3.05, 3.63) is 71.8 Å². The maximum atomic E-state index is 5.66. The summed E-state index contributed by atoms with van der Waals surface area (Å²) in [6.45, 7) is 0.745. The number of methoxy groups -OCH3 is 2. The van der Waals surface area contributed by atoms with Crippen molar-refractivity contribution in [3.63, 3.8) is 0 Å². The molecule has 0 fully saturated rings. The highest BCUT2D eigenvalue weighted by molar-refractivity contribution is 5.21. The fourth-order valence-electron chi connectivity index (χ4n) is 2.71. The molecule has 0 aliphatic rings. The van der Waals surface area contributed by atoms with Crippen LogP contribution in [0.15, 0.2) is 60.7 Å². The zero-order valence-electron chi connectivity index (χ0n) is 12.9. The van der Waals surface area contributed by atoms with E-state index in [-0.39, 0.29) is 6.10 Å². The molecule has 0 aliphatic heterocycles. The predicted octanol–water partition coefficient (Wildman–Crippen LogP) is 4.58. The van der Waals surface area contributed by atoms with Gasteiger partial charge >= 0.3 is 0 Å². The Morgan fingerprint density at radius 2 is 1.33 bits per heavy atom. The van der Waals surface area contributed by atoms with Gasteiger partial charge in [-0.15, -0.1) is 0 Å². The molecule has 2 atom stereocenters. The van der Waals surface area contributed by atoms with Gasteiger partial charge in [0.05, 0.1) is 12.7 Å². The monoisotopic (exact) mass is 284 g/mol. The van der Waals surface area contributed by atoms with Crippen molar-refractivity contribution < 1.29 is 9.47 Å². The van der Waals surface area contributed by atoms with Gasteiger partial charge in [0.25, 0.3) is 0 Å². The Bertz CT molecular complexity index is 495. The molecule has 0 saturated carbocycles. The topological polar surface area (TPSA) is 18.5 Å². The Hall–Kier alpha value is -1.64. The van der Waals surface area contributed by atoms with Crippen molar-refractivity contribution in [3.8, 4) is 0 Å². The number of hydrogen-bond acceptors (Lipinski definition) is 2. The summed E-state index contributed by atoms with van der Waals surface area (Å²) < 4.78 is 11.0. The highest BCUT2D eigenvalue weighted by Gasteiger charge is 2.16. The van der Waals surface area contributed by atoms with Crippen molar-refractivity contribution in [2.24, 2.45) is 0 Å². The molecule has 2 heteroatoms. The van der Waals surface area contributed by atoms with Crippen molar-refractivity contribution in [2.75, 3.05) is 20.8 Å². The zero-order chi connectivity index (χ0) is 14.9. The van der Waals surface area contributed by atoms with Gasteiger partial charge in [-0.1, -0.05) is 60.7 Å². The van der Waals surface area contributed by atoms with Crippen LogP contribution in [0, 0.1) is 0 Å². The van der Waals surface area contributed by atoms with Crippen LogP contribution in [0.4, 0.5) is 0 Å². The van der Waals surface area contributed by atoms with Crippen LogP contribution in [0.1, 0.15) is 36.0 Å². The van der Waals surface area contributed by atoms with Gasteiger partial charge in [0, 0.05) is 20.1 Å². The SMILES string of the molecule is COCC(CCC(OC)c1ccccc1)c1ccccc1. The Labute approximate surface area is 127 Å². The summed E-state index contributed by atoms with van der Waals surface area (Å²) in [6.07, 6.45) is 2.18. The minimum atomic E-state index is 0.147. The van der Waals surface area contributed by atoms with Crippen molar-refractivity contribution in [1.29, 1.82) is 0 Å². The van der Waals surface area contributed by atoms with Crippen LogP contribution < -0.4 is 0 Å². The van der Waals surface area contributed by atoms with Gasteiger partial charge in [-0.05, 0) is 24.0 Å². The Balaban J connectivity index is 2.01. The van der Waals surface area contributed by atoms with Gasteiger partial charge in [0.15, 0.2) is 0 Å². The molecule has 0 spiro atoms. The largest absolute Gasteiger partial charge is 0.384 e. The lowest BCUT2D eigenvalue weighted by Gasteiger charge is -2.21. The van der Waals surface area contributed by atoms with Gasteiger partial charge in [0.2, 0.25) is 0 Å². The molecular weight excluding hydrogens is 260 g/mol. The van der Waals surface area contributed by atoms with Crippen LogP contribution in [0.25, 0.3) is 0 Å². The molecule has 0 radical (unpaired) electrons. The van der Waals surface area contributed by atoms with Crippen LogP contribution in [-0.4, -0.2) is 20.8 Å². The second-order valence-electron chi connectivity index (χ2n) is 5.28. The summed E-state index contributed by atoms with van der Waals surface area (Å²) >= 11 is 0. The molecule has 0 bridgehead atoms. The fourth-order valence-corrected chi connectivity index (χ4v) is 2.71. The van der Waals surface area contributed by atoms with E-state index in [2.05, 4.69) is 54.6 Å². The summed E-state index contributed by atoms with van der Waals surface area (Å²) in [6, 6.07) is 21.0. The standard InChI is InChI=1S/C19H24O2/c1-20-15-18(16-9-5-3-6-10-16)13-14-19(21-2)17-11-7-4-8-12-17/h3-12,18-19H,13-15H2,1-2H3. The maximum absolute atomic E-state index is 5.66. The van der Waals surface area contributed by atoms with Crippen LogP contribution >= 0.6 is 0 Å². The number of rotatable bonds is 8. The van der Waals surface area contributed by atoms with Gasteiger partial charge in [-0.25, -0.2) is 0 Å². The quantitative estimate of drug-likeness (QED) is 0.706. The lowest BCUT2D eigenvalue weighted by Crippen LogP contribution is -2.10. The average Bonchev–Trinajstić information content (AvgIpc) is 2.56. The third-order valence-electron chi connectivity index (χ3n) is 3.87. The van der Waals surface area contributed by atoms with E-state index in [4.69, 9.17) is 9.47 Å². The minimum Gasteiger partial charge on any atom is -0.384 e. The van der Waals surface area contributed by atoms with Crippen LogP contribution in [0.3, 0.4) is 0 Å². The summed E-state index contributed by atoms with van der Waals surface area (Å²) in [5.74, 6) is 0.414. The first-order valence-corrected chi connectivity index (χ1v) is 7.46. The molecule has 0 heterocycles. The second-order valence-corrected chi connectivity index (χ2v) is 5.28. The molecule has 2 nitrogen and oxygen atoms in total. The molecule has 0 amide bonds. The Kier molecular flexibility index (Phi) is 6.45. The smallest absolute Gasteiger partial charge is 0.0821 e. The van der Waals surface area contributed by atoms with Crippen LogP contribution in [0.5, 0.6) is 0 Å². The van der Waals surface area contributed by atoms with E-state index in [0.717, 1.165) is 19.4 Å². The first-order valence-electron chi connectivity index (χ1n) is 7.46. The third-order valence-corrected chi connectivity index (χ3v) is 3.87. The van der Waals surface area contributed by atoms with E-state index in [1.807, 2.05) is 6.07 Å². The fraction of sp³-hybridized carbons (Fsp3) is 0.368. The molecular formula is C19H24O2. The van der Waals surface area contributed by atoms with Crippen molar-refractivity contribution in [2.45, 2.75) is 24.9 Å². The normalized spacial score (nSPS) is 13.8. The molecule has 2 unspecified atom stereocenters.